The molecular formula is C19H22N4O2S. The minimum absolute atomic E-state index is 0.238. The molecule has 1 amide bonds. The number of likely N-dealkylation sites (tertiary alicyclic amines) is 1. The van der Waals surface area contributed by atoms with Gasteiger partial charge >= 0.3 is 0 Å². The van der Waals surface area contributed by atoms with Gasteiger partial charge in [0.25, 0.3) is 0 Å². The Bertz CT molecular complexity index is 871. The predicted molar refractivity (Wildman–Crippen MR) is 100.0 cm³/mol. The molecule has 2 aromatic heterocycles. The molecular weight excluding hydrogens is 348 g/mol. The van der Waals surface area contributed by atoms with Crippen LogP contribution in [0.5, 0.6) is 0 Å². The Hall–Kier alpha value is -2.28. The lowest BCUT2D eigenvalue weighted by Crippen LogP contribution is -2.28. The highest BCUT2D eigenvalue weighted by molar-refractivity contribution is 7.18. The maximum Gasteiger partial charge on any atom is 0.223 e. The number of fused-ring (bicyclic) bond motifs is 1. The predicted octanol–water partition coefficient (Wildman–Crippen LogP) is 3.40. The van der Waals surface area contributed by atoms with Gasteiger partial charge in [-0.05, 0) is 30.9 Å². The molecule has 0 N–H and O–H groups in total. The van der Waals surface area contributed by atoms with Gasteiger partial charge in [0.05, 0.1) is 15.2 Å². The summed E-state index contributed by atoms with van der Waals surface area (Å²) in [5.41, 5.74) is 1.03. The largest absolute Gasteiger partial charge is 0.342 e. The highest BCUT2D eigenvalue weighted by Gasteiger charge is 2.26. The summed E-state index contributed by atoms with van der Waals surface area (Å²) in [5.74, 6) is 2.14. The number of carbonyl (C=O) groups excluding carboxylic acids is 1. The Morgan fingerprint density at radius 1 is 1.31 bits per heavy atom. The minimum Gasteiger partial charge on any atom is -0.342 e. The maximum atomic E-state index is 12.5. The quantitative estimate of drug-likeness (QED) is 0.665. The van der Waals surface area contributed by atoms with Crippen molar-refractivity contribution in [2.24, 2.45) is 5.92 Å². The molecule has 1 atom stereocenters. The Labute approximate surface area is 156 Å². The van der Waals surface area contributed by atoms with E-state index in [1.54, 1.807) is 18.3 Å². The lowest BCUT2D eigenvalue weighted by atomic mass is 10.0. The number of amides is 1. The van der Waals surface area contributed by atoms with Gasteiger partial charge in [0.15, 0.2) is 5.82 Å². The topological polar surface area (TPSA) is 72.1 Å². The zero-order valence-electron chi connectivity index (χ0n) is 14.9. The van der Waals surface area contributed by atoms with Gasteiger partial charge in [-0.15, -0.1) is 11.3 Å². The second-order valence-electron chi connectivity index (χ2n) is 6.84. The summed E-state index contributed by atoms with van der Waals surface area (Å²) in [5, 5.41) is 4.98. The average molecular weight is 370 g/mol. The van der Waals surface area contributed by atoms with Crippen molar-refractivity contribution in [2.45, 2.75) is 39.0 Å². The van der Waals surface area contributed by atoms with Crippen molar-refractivity contribution in [2.75, 3.05) is 13.1 Å². The normalized spacial score (nSPS) is 17.3. The van der Waals surface area contributed by atoms with Crippen LogP contribution < -0.4 is 0 Å². The summed E-state index contributed by atoms with van der Waals surface area (Å²) in [4.78, 5) is 23.4. The van der Waals surface area contributed by atoms with Gasteiger partial charge in [-0.25, -0.2) is 4.98 Å². The third-order valence-corrected chi connectivity index (χ3v) is 5.97. The van der Waals surface area contributed by atoms with Gasteiger partial charge in [-0.3, -0.25) is 4.79 Å². The number of aromatic nitrogens is 3. The Morgan fingerprint density at radius 3 is 3.00 bits per heavy atom. The molecule has 4 rings (SSSR count). The summed E-state index contributed by atoms with van der Waals surface area (Å²) in [6, 6.07) is 8.12. The lowest BCUT2D eigenvalue weighted by molar-refractivity contribution is -0.130. The molecule has 1 saturated heterocycles. The van der Waals surface area contributed by atoms with Crippen molar-refractivity contribution >= 4 is 27.5 Å². The van der Waals surface area contributed by atoms with Crippen LogP contribution in [0.2, 0.25) is 0 Å². The molecule has 26 heavy (non-hydrogen) atoms. The van der Waals surface area contributed by atoms with Gasteiger partial charge in [-0.2, -0.15) is 4.98 Å². The summed E-state index contributed by atoms with van der Waals surface area (Å²) >= 11 is 1.69. The molecule has 7 heteroatoms. The Morgan fingerprint density at radius 2 is 2.19 bits per heavy atom. The van der Waals surface area contributed by atoms with Crippen LogP contribution in [0.15, 0.2) is 28.8 Å². The fourth-order valence-electron chi connectivity index (χ4n) is 3.47. The standard InChI is InChI=1S/C19H22N4O2S/c1-13-20-17(22-25-13)7-6-14-10-11-23(12-14)19(24)9-8-18-21-15-4-2-3-5-16(15)26-18/h2-5,14H,6-12H2,1H3. The van der Waals surface area contributed by atoms with E-state index in [-0.39, 0.29) is 5.91 Å². The highest BCUT2D eigenvalue weighted by atomic mass is 32.1. The van der Waals surface area contributed by atoms with E-state index in [0.29, 0.717) is 18.2 Å². The first-order valence-electron chi connectivity index (χ1n) is 9.09. The molecule has 0 bridgehead atoms. The van der Waals surface area contributed by atoms with E-state index < -0.39 is 0 Å². The van der Waals surface area contributed by atoms with Crippen LogP contribution in [0.1, 0.15) is 36.0 Å². The van der Waals surface area contributed by atoms with Crippen molar-refractivity contribution < 1.29 is 9.32 Å². The second-order valence-corrected chi connectivity index (χ2v) is 7.95. The van der Waals surface area contributed by atoms with Crippen LogP contribution in [0, 0.1) is 12.8 Å². The minimum atomic E-state index is 0.238. The van der Waals surface area contributed by atoms with Crippen LogP contribution >= 0.6 is 11.3 Å². The summed E-state index contributed by atoms with van der Waals surface area (Å²) < 4.78 is 6.19. The van der Waals surface area contributed by atoms with Crippen molar-refractivity contribution in [3.8, 4) is 0 Å². The third-order valence-electron chi connectivity index (χ3n) is 4.88. The molecule has 3 heterocycles. The van der Waals surface area contributed by atoms with E-state index in [1.165, 1.54) is 4.70 Å². The Balaban J connectivity index is 1.25. The van der Waals surface area contributed by atoms with E-state index in [0.717, 1.165) is 55.1 Å². The maximum absolute atomic E-state index is 12.5. The number of nitrogens with zero attached hydrogens (tertiary/aromatic N) is 4. The highest BCUT2D eigenvalue weighted by Crippen LogP contribution is 2.24. The summed E-state index contributed by atoms with van der Waals surface area (Å²) in [7, 11) is 0. The first kappa shape index (κ1) is 17.1. The summed E-state index contributed by atoms with van der Waals surface area (Å²) in [6.07, 6.45) is 4.14. The monoisotopic (exact) mass is 370 g/mol. The number of hydrogen-bond donors (Lipinski definition) is 0. The molecule has 0 radical (unpaired) electrons. The molecule has 136 valence electrons. The molecule has 0 spiro atoms. The molecule has 0 saturated carbocycles. The van der Waals surface area contributed by atoms with Crippen molar-refractivity contribution in [1.82, 2.24) is 20.0 Å². The van der Waals surface area contributed by atoms with Crippen molar-refractivity contribution in [1.29, 1.82) is 0 Å². The van der Waals surface area contributed by atoms with Gasteiger partial charge in [0.1, 0.15) is 0 Å². The SMILES string of the molecule is Cc1nc(CCC2CCN(C(=O)CCc3nc4ccccc4s3)C2)no1. The van der Waals surface area contributed by atoms with Crippen molar-refractivity contribution in [3.63, 3.8) is 0 Å². The fraction of sp³-hybridized carbons (Fsp3) is 0.474. The van der Waals surface area contributed by atoms with Gasteiger partial charge in [0.2, 0.25) is 11.8 Å². The number of rotatable bonds is 6. The van der Waals surface area contributed by atoms with Crippen molar-refractivity contribution in [3.05, 3.63) is 41.0 Å². The molecule has 6 nitrogen and oxygen atoms in total. The van der Waals surface area contributed by atoms with Crippen LogP contribution in [0.25, 0.3) is 10.2 Å². The zero-order chi connectivity index (χ0) is 17.9. The number of aryl methyl sites for hydroxylation is 3. The number of thiazole rings is 1. The average Bonchev–Trinajstić information content (AvgIpc) is 3.36. The first-order chi connectivity index (χ1) is 12.7. The van der Waals surface area contributed by atoms with Crippen LogP contribution in [0.4, 0.5) is 0 Å². The zero-order valence-corrected chi connectivity index (χ0v) is 15.7. The van der Waals surface area contributed by atoms with Gasteiger partial charge in [0, 0.05) is 39.3 Å². The number of carbonyl (C=O) groups is 1. The molecule has 1 fully saturated rings. The van der Waals surface area contributed by atoms with Crippen LogP contribution in [-0.2, 0) is 17.6 Å². The van der Waals surface area contributed by atoms with Crippen LogP contribution in [-0.4, -0.2) is 39.0 Å². The smallest absolute Gasteiger partial charge is 0.223 e. The lowest BCUT2D eigenvalue weighted by Gasteiger charge is -2.16. The molecule has 1 aliphatic heterocycles. The summed E-state index contributed by atoms with van der Waals surface area (Å²) in [6.45, 7) is 3.50. The number of hydrogen-bond acceptors (Lipinski definition) is 6. The number of para-hydroxylation sites is 1. The first-order valence-corrected chi connectivity index (χ1v) is 9.90. The van der Waals surface area contributed by atoms with Gasteiger partial charge < -0.3 is 9.42 Å². The van der Waals surface area contributed by atoms with Crippen LogP contribution in [0.3, 0.4) is 0 Å². The van der Waals surface area contributed by atoms with E-state index >= 15 is 0 Å². The third kappa shape index (κ3) is 3.93. The molecule has 1 aromatic carbocycles. The van der Waals surface area contributed by atoms with E-state index in [2.05, 4.69) is 21.2 Å². The fourth-order valence-corrected chi connectivity index (χ4v) is 4.44. The number of benzene rings is 1. The van der Waals surface area contributed by atoms with E-state index in [9.17, 15) is 4.79 Å². The molecule has 3 aromatic rings. The Kier molecular flexibility index (Phi) is 4.97. The van der Waals surface area contributed by atoms with E-state index in [4.69, 9.17) is 4.52 Å². The molecule has 0 aliphatic carbocycles. The van der Waals surface area contributed by atoms with Gasteiger partial charge in [-0.1, -0.05) is 17.3 Å². The molecule has 1 unspecified atom stereocenters. The molecule has 1 aliphatic rings. The van der Waals surface area contributed by atoms with E-state index in [1.807, 2.05) is 23.1 Å². The second kappa shape index (κ2) is 7.53.